The molecule has 0 amide bonds. The van der Waals surface area contributed by atoms with E-state index in [0.717, 1.165) is 17.7 Å². The van der Waals surface area contributed by atoms with Crippen molar-refractivity contribution < 1.29 is 4.74 Å². The van der Waals surface area contributed by atoms with Gasteiger partial charge in [0.25, 0.3) is 0 Å². The highest BCUT2D eigenvalue weighted by Crippen LogP contribution is 2.38. The van der Waals surface area contributed by atoms with Crippen LogP contribution in [-0.2, 0) is 4.74 Å². The highest BCUT2D eigenvalue weighted by molar-refractivity contribution is 6.10. The molecular weight excluding hydrogens is 510 g/mol. The number of nitrogens with zero attached hydrogens (tertiary/aromatic N) is 1. The first kappa shape index (κ1) is 24.5. The van der Waals surface area contributed by atoms with Crippen LogP contribution >= 0.6 is 0 Å². The number of fused-ring (bicyclic) bond motifs is 3. The Morgan fingerprint density at radius 3 is 1.83 bits per heavy atom. The average molecular weight is 540 g/mol. The summed E-state index contributed by atoms with van der Waals surface area (Å²) in [6.07, 6.45) is 3.15. The zero-order valence-corrected chi connectivity index (χ0v) is 23.2. The molecule has 2 heteroatoms. The summed E-state index contributed by atoms with van der Waals surface area (Å²) in [4.78, 5) is 0. The Morgan fingerprint density at radius 2 is 1.05 bits per heavy atom. The number of rotatable bonds is 5. The van der Waals surface area contributed by atoms with Crippen LogP contribution in [-0.4, -0.2) is 4.57 Å². The van der Waals surface area contributed by atoms with Crippen molar-refractivity contribution in [1.29, 1.82) is 0 Å². The lowest BCUT2D eigenvalue weighted by Crippen LogP contribution is -1.97. The second-order valence-corrected chi connectivity index (χ2v) is 10.9. The van der Waals surface area contributed by atoms with Gasteiger partial charge in [0, 0.05) is 28.4 Å². The van der Waals surface area contributed by atoms with Gasteiger partial charge in [-0.25, -0.2) is 0 Å². The Labute approximate surface area is 245 Å². The molecule has 2 heterocycles. The Bertz CT molecular complexity index is 2050. The molecule has 42 heavy (non-hydrogen) atoms. The second-order valence-electron chi connectivity index (χ2n) is 10.9. The summed E-state index contributed by atoms with van der Waals surface area (Å²) >= 11 is 0. The fourth-order valence-electron chi connectivity index (χ4n) is 6.21. The summed E-state index contributed by atoms with van der Waals surface area (Å²) < 4.78 is 8.79. The maximum Gasteiger partial charge on any atom is 0.127 e. The molecule has 1 aliphatic heterocycles. The van der Waals surface area contributed by atoms with Crippen molar-refractivity contribution >= 4 is 27.6 Å². The normalized spacial score (nSPS) is 14.7. The van der Waals surface area contributed by atoms with Gasteiger partial charge in [-0.2, -0.15) is 0 Å². The van der Waals surface area contributed by atoms with E-state index < -0.39 is 0 Å². The lowest BCUT2D eigenvalue weighted by atomic mass is 10.0. The molecule has 6 aromatic carbocycles. The van der Waals surface area contributed by atoms with Crippen LogP contribution in [0.3, 0.4) is 0 Å². The molecule has 0 aliphatic carbocycles. The van der Waals surface area contributed by atoms with E-state index in [9.17, 15) is 0 Å². The SMILES string of the molecule is C1=C(c2ccc(-c3ccc4c(c3)c3ccccc3n4-c3ccccc3)cc2)OC(c2ccc(-c3ccccc3)cc2)C1. The largest absolute Gasteiger partial charge is 0.485 e. The number of aromatic nitrogens is 1. The number of benzene rings is 6. The zero-order chi connectivity index (χ0) is 27.9. The number of hydrogen-bond donors (Lipinski definition) is 0. The number of para-hydroxylation sites is 2. The van der Waals surface area contributed by atoms with Gasteiger partial charge >= 0.3 is 0 Å². The second kappa shape index (κ2) is 10.2. The van der Waals surface area contributed by atoms with Crippen molar-refractivity contribution in [3.63, 3.8) is 0 Å². The van der Waals surface area contributed by atoms with Gasteiger partial charge < -0.3 is 9.30 Å². The van der Waals surface area contributed by atoms with E-state index in [4.69, 9.17) is 4.74 Å². The fourth-order valence-corrected chi connectivity index (χ4v) is 6.21. The molecule has 0 fully saturated rings. The van der Waals surface area contributed by atoms with Gasteiger partial charge in [0.2, 0.25) is 0 Å². The van der Waals surface area contributed by atoms with Gasteiger partial charge in [0.05, 0.1) is 11.0 Å². The van der Waals surface area contributed by atoms with Crippen LogP contribution in [0.4, 0.5) is 0 Å². The van der Waals surface area contributed by atoms with E-state index in [0.29, 0.717) is 0 Å². The Kier molecular flexibility index (Phi) is 5.97. The van der Waals surface area contributed by atoms with Crippen LogP contribution in [0.15, 0.2) is 158 Å². The van der Waals surface area contributed by atoms with Crippen molar-refractivity contribution in [3.8, 4) is 27.9 Å². The lowest BCUT2D eigenvalue weighted by molar-refractivity contribution is 0.194. The Morgan fingerprint density at radius 1 is 0.476 bits per heavy atom. The summed E-state index contributed by atoms with van der Waals surface area (Å²) in [6, 6.07) is 54.1. The highest BCUT2D eigenvalue weighted by Gasteiger charge is 2.21. The summed E-state index contributed by atoms with van der Waals surface area (Å²) in [6.45, 7) is 0. The van der Waals surface area contributed by atoms with Crippen LogP contribution in [0.2, 0.25) is 0 Å². The minimum Gasteiger partial charge on any atom is -0.485 e. The molecule has 8 rings (SSSR count). The first-order valence-electron chi connectivity index (χ1n) is 14.5. The van der Waals surface area contributed by atoms with Gasteiger partial charge in [-0.1, -0.05) is 121 Å². The van der Waals surface area contributed by atoms with Crippen molar-refractivity contribution in [2.75, 3.05) is 0 Å². The van der Waals surface area contributed by atoms with E-state index in [1.165, 1.54) is 55.3 Å². The summed E-state index contributed by atoms with van der Waals surface area (Å²) in [5.41, 5.74) is 10.8. The molecule has 2 nitrogen and oxygen atoms in total. The van der Waals surface area contributed by atoms with E-state index in [1.54, 1.807) is 0 Å². The molecular formula is C40H29NO. The monoisotopic (exact) mass is 539 g/mol. The smallest absolute Gasteiger partial charge is 0.127 e. The molecule has 0 saturated heterocycles. The molecule has 0 bridgehead atoms. The molecule has 1 atom stereocenters. The number of hydrogen-bond acceptors (Lipinski definition) is 1. The first-order chi connectivity index (χ1) is 20.8. The zero-order valence-electron chi connectivity index (χ0n) is 23.2. The predicted molar refractivity (Wildman–Crippen MR) is 175 cm³/mol. The van der Waals surface area contributed by atoms with E-state index in [1.807, 2.05) is 6.07 Å². The third-order valence-corrected chi connectivity index (χ3v) is 8.37. The maximum atomic E-state index is 6.43. The molecule has 0 spiro atoms. The summed E-state index contributed by atoms with van der Waals surface area (Å²) in [5.74, 6) is 0.958. The fraction of sp³-hybridized carbons (Fsp3) is 0.0500. The first-order valence-corrected chi connectivity index (χ1v) is 14.5. The van der Waals surface area contributed by atoms with Crippen LogP contribution in [0.1, 0.15) is 23.7 Å². The molecule has 200 valence electrons. The van der Waals surface area contributed by atoms with E-state index >= 15 is 0 Å². The van der Waals surface area contributed by atoms with Crippen molar-refractivity contribution in [1.82, 2.24) is 4.57 Å². The molecule has 0 N–H and O–H groups in total. The predicted octanol–water partition coefficient (Wildman–Crippen LogP) is 10.6. The third-order valence-electron chi connectivity index (χ3n) is 8.37. The van der Waals surface area contributed by atoms with Crippen molar-refractivity contribution in [3.05, 3.63) is 169 Å². The van der Waals surface area contributed by atoms with E-state index in [2.05, 4.69) is 156 Å². The Hall–Kier alpha value is -5.34. The van der Waals surface area contributed by atoms with Gasteiger partial charge in [-0.15, -0.1) is 0 Å². The molecule has 7 aromatic rings. The third kappa shape index (κ3) is 4.29. The van der Waals surface area contributed by atoms with E-state index in [-0.39, 0.29) is 6.10 Å². The summed E-state index contributed by atoms with van der Waals surface area (Å²) in [7, 11) is 0. The van der Waals surface area contributed by atoms with Crippen LogP contribution < -0.4 is 0 Å². The van der Waals surface area contributed by atoms with Crippen molar-refractivity contribution in [2.45, 2.75) is 12.5 Å². The van der Waals surface area contributed by atoms with Crippen LogP contribution in [0, 0.1) is 0 Å². The van der Waals surface area contributed by atoms with Gasteiger partial charge in [0.15, 0.2) is 0 Å². The van der Waals surface area contributed by atoms with Gasteiger partial charge in [0.1, 0.15) is 11.9 Å². The highest BCUT2D eigenvalue weighted by atomic mass is 16.5. The van der Waals surface area contributed by atoms with Crippen LogP contribution in [0.25, 0.3) is 55.5 Å². The topological polar surface area (TPSA) is 14.2 Å². The maximum absolute atomic E-state index is 6.43. The molecule has 1 aromatic heterocycles. The minimum atomic E-state index is 0.0499. The molecule has 1 aliphatic rings. The molecule has 0 saturated carbocycles. The summed E-state index contributed by atoms with van der Waals surface area (Å²) in [5, 5.41) is 2.53. The molecule has 0 radical (unpaired) electrons. The standard InChI is InChI=1S/C40H29NO/c1-3-9-28(10-4-1)29-15-19-31(20-16-29)39-25-26-40(42-39)32-21-17-30(18-22-32)33-23-24-38-36(27-33)35-13-7-8-14-37(35)41(38)34-11-5-2-6-12-34/h1-24,26-27,39H,25H2. The quantitative estimate of drug-likeness (QED) is 0.212. The average Bonchev–Trinajstić information content (AvgIpc) is 3.69. The minimum absolute atomic E-state index is 0.0499. The molecule has 1 unspecified atom stereocenters. The van der Waals surface area contributed by atoms with Crippen LogP contribution in [0.5, 0.6) is 0 Å². The van der Waals surface area contributed by atoms with Crippen molar-refractivity contribution in [2.24, 2.45) is 0 Å². The Balaban J connectivity index is 1.04. The van der Waals surface area contributed by atoms with Gasteiger partial charge in [-0.05, 0) is 64.2 Å². The number of ether oxygens (including phenoxy) is 1. The lowest BCUT2D eigenvalue weighted by Gasteiger charge is -2.15. The van der Waals surface area contributed by atoms with Gasteiger partial charge in [-0.3, -0.25) is 0 Å².